The predicted molar refractivity (Wildman–Crippen MR) is 111 cm³/mol. The summed E-state index contributed by atoms with van der Waals surface area (Å²) >= 11 is 0. The number of ether oxygens (including phenoxy) is 2. The highest BCUT2D eigenvalue weighted by Gasteiger charge is 2.40. The lowest BCUT2D eigenvalue weighted by molar-refractivity contribution is -0.202. The van der Waals surface area contributed by atoms with Crippen LogP contribution in [0.3, 0.4) is 0 Å². The Labute approximate surface area is 191 Å². The third kappa shape index (κ3) is 5.28. The van der Waals surface area contributed by atoms with Gasteiger partial charge in [-0.05, 0) is 42.7 Å². The maximum absolute atomic E-state index is 13.3. The van der Waals surface area contributed by atoms with E-state index in [2.05, 4.69) is 9.97 Å². The molecule has 0 aliphatic carbocycles. The first-order valence-corrected chi connectivity index (χ1v) is 10.6. The Morgan fingerprint density at radius 2 is 1.65 bits per heavy atom. The van der Waals surface area contributed by atoms with Crippen LogP contribution >= 0.6 is 0 Å². The van der Waals surface area contributed by atoms with Crippen molar-refractivity contribution in [1.82, 2.24) is 9.97 Å². The lowest BCUT2D eigenvalue weighted by Gasteiger charge is -2.39. The van der Waals surface area contributed by atoms with Gasteiger partial charge in [-0.2, -0.15) is 26.3 Å². The Morgan fingerprint density at radius 1 is 1.00 bits per heavy atom. The number of rotatable bonds is 5. The number of nitrogens with one attached hydrogen (secondary N) is 1. The number of halogens is 6. The summed E-state index contributed by atoms with van der Waals surface area (Å²) in [7, 11) is 0. The topological polar surface area (TPSA) is 47.1 Å². The molecule has 10 heteroatoms. The second-order valence-corrected chi connectivity index (χ2v) is 8.20. The van der Waals surface area contributed by atoms with Crippen LogP contribution in [0.1, 0.15) is 59.2 Å². The van der Waals surface area contributed by atoms with Gasteiger partial charge in [0.2, 0.25) is 0 Å². The van der Waals surface area contributed by atoms with E-state index in [9.17, 15) is 26.3 Å². The van der Waals surface area contributed by atoms with E-state index in [4.69, 9.17) is 9.47 Å². The van der Waals surface area contributed by atoms with Gasteiger partial charge in [0.05, 0.1) is 30.2 Å². The van der Waals surface area contributed by atoms with E-state index in [1.54, 1.807) is 12.5 Å². The van der Waals surface area contributed by atoms with Gasteiger partial charge in [0.25, 0.3) is 0 Å². The molecular formula is C24H22F6N2O2. The number of hydrogen-bond donors (Lipinski definition) is 1. The molecule has 1 saturated heterocycles. The minimum Gasteiger partial charge on any atom is -0.352 e. The Hall–Kier alpha value is -2.85. The zero-order valence-electron chi connectivity index (χ0n) is 18.0. The summed E-state index contributed by atoms with van der Waals surface area (Å²) in [5.74, 6) is -0.450. The highest BCUT2D eigenvalue weighted by molar-refractivity contribution is 5.35. The van der Waals surface area contributed by atoms with Gasteiger partial charge in [-0.25, -0.2) is 4.98 Å². The van der Waals surface area contributed by atoms with Crippen LogP contribution in [0.25, 0.3) is 0 Å². The Kier molecular flexibility index (Phi) is 6.73. The molecule has 1 N–H and O–H groups in total. The Bertz CT molecular complexity index is 1050. The number of nitrogens with zero attached hydrogens (tertiary/aromatic N) is 1. The van der Waals surface area contributed by atoms with E-state index >= 15 is 0 Å². The van der Waals surface area contributed by atoms with Gasteiger partial charge in [0, 0.05) is 23.7 Å². The first-order valence-electron chi connectivity index (χ1n) is 10.6. The number of hydrogen-bond acceptors (Lipinski definition) is 3. The van der Waals surface area contributed by atoms with E-state index in [1.807, 2.05) is 30.3 Å². The van der Waals surface area contributed by atoms with Crippen molar-refractivity contribution in [2.24, 2.45) is 0 Å². The number of alkyl halides is 6. The van der Waals surface area contributed by atoms with Crippen molar-refractivity contribution in [3.63, 3.8) is 0 Å². The molecule has 3 aromatic rings. The minimum atomic E-state index is -4.94. The van der Waals surface area contributed by atoms with E-state index in [1.165, 1.54) is 6.92 Å². The van der Waals surface area contributed by atoms with Crippen molar-refractivity contribution in [2.45, 2.75) is 49.9 Å². The van der Waals surface area contributed by atoms with Crippen LogP contribution in [0.4, 0.5) is 26.3 Å². The summed E-state index contributed by atoms with van der Waals surface area (Å²) in [6.45, 7) is 1.72. The lowest BCUT2D eigenvalue weighted by atomic mass is 9.80. The molecule has 1 aliphatic rings. The van der Waals surface area contributed by atoms with Crippen LogP contribution in [0.5, 0.6) is 0 Å². The fourth-order valence-corrected chi connectivity index (χ4v) is 4.28. The number of aromatic nitrogens is 2. The third-order valence-electron chi connectivity index (χ3n) is 5.96. The fraction of sp³-hybridized carbons (Fsp3) is 0.375. The average Bonchev–Trinajstić information content (AvgIpc) is 3.33. The lowest BCUT2D eigenvalue weighted by Crippen LogP contribution is -2.36. The number of H-pyrrole nitrogens is 1. The zero-order chi connectivity index (χ0) is 24.5. The van der Waals surface area contributed by atoms with Gasteiger partial charge in [-0.15, -0.1) is 0 Å². The number of aromatic amines is 1. The summed E-state index contributed by atoms with van der Waals surface area (Å²) in [5, 5.41) is 0. The molecule has 2 heterocycles. The van der Waals surface area contributed by atoms with Gasteiger partial charge >= 0.3 is 12.4 Å². The fourth-order valence-electron chi connectivity index (χ4n) is 4.28. The van der Waals surface area contributed by atoms with Crippen molar-refractivity contribution in [3.8, 4) is 0 Å². The molecule has 1 aromatic heterocycles. The van der Waals surface area contributed by atoms with Crippen LogP contribution < -0.4 is 0 Å². The zero-order valence-corrected chi connectivity index (χ0v) is 18.0. The van der Waals surface area contributed by atoms with Gasteiger partial charge in [-0.1, -0.05) is 30.3 Å². The maximum atomic E-state index is 13.3. The molecule has 4 nitrogen and oxygen atoms in total. The molecule has 4 rings (SSSR count). The van der Waals surface area contributed by atoms with Crippen LogP contribution in [-0.2, 0) is 21.8 Å². The normalized spacial score (nSPS) is 22.5. The molecule has 1 aliphatic heterocycles. The van der Waals surface area contributed by atoms with Crippen LogP contribution in [0.15, 0.2) is 61.1 Å². The van der Waals surface area contributed by atoms with Gasteiger partial charge < -0.3 is 14.5 Å². The molecule has 2 aromatic carbocycles. The van der Waals surface area contributed by atoms with Crippen molar-refractivity contribution in [3.05, 3.63) is 89.0 Å². The quantitative estimate of drug-likeness (QED) is 0.404. The SMILES string of the molecule is C[C@@H](O[C@H]1OCC[C@@H](c2cnc[nH]2)[C@@H]1c1ccccc1)c1cc(C(F)(F)F)cc(C(F)(F)F)c1. The van der Waals surface area contributed by atoms with Crippen LogP contribution in [0.2, 0.25) is 0 Å². The van der Waals surface area contributed by atoms with Crippen molar-refractivity contribution < 1.29 is 35.8 Å². The average molecular weight is 484 g/mol. The maximum Gasteiger partial charge on any atom is 0.416 e. The molecule has 0 radical (unpaired) electrons. The summed E-state index contributed by atoms with van der Waals surface area (Å²) in [6.07, 6.45) is -7.99. The smallest absolute Gasteiger partial charge is 0.352 e. The van der Waals surface area contributed by atoms with Gasteiger partial charge in [0.1, 0.15) is 0 Å². The van der Waals surface area contributed by atoms with Crippen LogP contribution in [0, 0.1) is 0 Å². The standard InChI is InChI=1S/C24H22F6N2O2/c1-14(16-9-17(23(25,26)27)11-18(10-16)24(28,29)30)34-22-21(15-5-3-2-4-6-15)19(7-8-33-22)20-12-31-13-32-20/h2-6,9-14,19,21-22H,7-8H2,1H3,(H,31,32)/t14-,19+,21+,22-/m1/s1. The summed E-state index contributed by atoms with van der Waals surface area (Å²) in [5.41, 5.74) is -1.28. The molecule has 0 saturated carbocycles. The third-order valence-corrected chi connectivity index (χ3v) is 5.96. The van der Waals surface area contributed by atoms with E-state index in [0.717, 1.165) is 11.3 Å². The molecule has 182 valence electrons. The van der Waals surface area contributed by atoms with E-state index in [-0.39, 0.29) is 23.5 Å². The first-order chi connectivity index (χ1) is 16.0. The van der Waals surface area contributed by atoms with Crippen molar-refractivity contribution in [1.29, 1.82) is 0 Å². The predicted octanol–water partition coefficient (Wildman–Crippen LogP) is 6.84. The second kappa shape index (κ2) is 9.42. The first kappa shape index (κ1) is 24.3. The number of benzene rings is 2. The van der Waals surface area contributed by atoms with E-state index < -0.39 is 35.9 Å². The van der Waals surface area contributed by atoms with Crippen molar-refractivity contribution in [2.75, 3.05) is 6.61 Å². The Balaban J connectivity index is 1.68. The molecule has 34 heavy (non-hydrogen) atoms. The Morgan fingerprint density at radius 3 is 2.21 bits per heavy atom. The van der Waals surface area contributed by atoms with Gasteiger partial charge in [-0.3, -0.25) is 0 Å². The molecule has 0 amide bonds. The second-order valence-electron chi connectivity index (χ2n) is 8.20. The molecule has 4 atom stereocenters. The highest BCUT2D eigenvalue weighted by atomic mass is 19.4. The largest absolute Gasteiger partial charge is 0.416 e. The summed E-state index contributed by atoms with van der Waals surface area (Å²) < 4.78 is 91.7. The molecule has 0 unspecified atom stereocenters. The molecular weight excluding hydrogens is 462 g/mol. The van der Waals surface area contributed by atoms with Gasteiger partial charge in [0.15, 0.2) is 6.29 Å². The highest BCUT2D eigenvalue weighted by Crippen LogP contribution is 2.44. The summed E-state index contributed by atoms with van der Waals surface area (Å²) in [4.78, 5) is 7.16. The summed E-state index contributed by atoms with van der Waals surface area (Å²) in [6, 6.07) is 10.8. The molecule has 0 spiro atoms. The van der Waals surface area contributed by atoms with Crippen LogP contribution in [-0.4, -0.2) is 22.9 Å². The monoisotopic (exact) mass is 484 g/mol. The number of imidazole rings is 1. The van der Waals surface area contributed by atoms with E-state index in [0.29, 0.717) is 25.2 Å². The molecule has 0 bridgehead atoms. The minimum absolute atomic E-state index is 0.0944. The van der Waals surface area contributed by atoms with Crippen molar-refractivity contribution >= 4 is 0 Å². The molecule has 1 fully saturated rings.